The highest BCUT2D eigenvalue weighted by atomic mass is 16.6. The summed E-state index contributed by atoms with van der Waals surface area (Å²) in [6.45, 7) is 15.9. The average Bonchev–Trinajstić information content (AvgIpc) is 3.47. The summed E-state index contributed by atoms with van der Waals surface area (Å²) in [7, 11) is 0. The number of unbranched alkanes of at least 4 members (excludes halogenated alkanes) is 1. The lowest BCUT2D eigenvalue weighted by molar-refractivity contribution is -0.145. The van der Waals surface area contributed by atoms with Gasteiger partial charge in [0.1, 0.15) is 23.7 Å². The average molecular weight is 701 g/mol. The number of nitrogens with two attached hydrogens (primary N) is 1. The Hall–Kier alpha value is -4.49. The SMILES string of the molecule is CCCCC(NC(=O)C1C(C(C)C)CCN1C(=O)[C@@H](NC(=O)OC(C)(C)C)C(C)(C)C)C(=O)C(=O)NCC(=O)NC(C(N)=O)c1ccccc1. The highest BCUT2D eigenvalue weighted by Crippen LogP contribution is 2.33. The van der Waals surface area contributed by atoms with Crippen molar-refractivity contribution in [3.05, 3.63) is 35.9 Å². The molecule has 0 saturated carbocycles. The van der Waals surface area contributed by atoms with Crippen molar-refractivity contribution in [3.8, 4) is 0 Å². The highest BCUT2D eigenvalue weighted by Gasteiger charge is 2.48. The zero-order valence-corrected chi connectivity index (χ0v) is 30.9. The molecule has 6 amide bonds. The van der Waals surface area contributed by atoms with Crippen LogP contribution in [0.4, 0.5) is 4.79 Å². The molecule has 0 aliphatic carbocycles. The summed E-state index contributed by atoms with van der Waals surface area (Å²) >= 11 is 0. The molecule has 1 aliphatic rings. The van der Waals surface area contributed by atoms with Crippen LogP contribution >= 0.6 is 0 Å². The summed E-state index contributed by atoms with van der Waals surface area (Å²) in [6.07, 6.45) is 1.08. The first-order valence-corrected chi connectivity index (χ1v) is 17.2. The van der Waals surface area contributed by atoms with E-state index in [1.165, 1.54) is 4.90 Å². The monoisotopic (exact) mass is 700 g/mol. The van der Waals surface area contributed by atoms with Crippen LogP contribution in [0.1, 0.15) is 99.6 Å². The van der Waals surface area contributed by atoms with Gasteiger partial charge in [-0.15, -0.1) is 0 Å². The van der Waals surface area contributed by atoms with Gasteiger partial charge in [0.15, 0.2) is 0 Å². The number of nitrogens with zero attached hydrogens (tertiary/aromatic N) is 1. The maximum absolute atomic E-state index is 14.1. The number of ether oxygens (including phenoxy) is 1. The number of ketones is 1. The van der Waals surface area contributed by atoms with E-state index < -0.39 is 83.1 Å². The van der Waals surface area contributed by atoms with E-state index in [1.54, 1.807) is 71.9 Å². The first kappa shape index (κ1) is 41.7. The van der Waals surface area contributed by atoms with Gasteiger partial charge in [0, 0.05) is 6.54 Å². The lowest BCUT2D eigenvalue weighted by Crippen LogP contribution is -2.60. The van der Waals surface area contributed by atoms with Crippen LogP contribution in [0.15, 0.2) is 30.3 Å². The minimum Gasteiger partial charge on any atom is -0.444 e. The molecule has 0 radical (unpaired) electrons. The third-order valence-corrected chi connectivity index (χ3v) is 8.46. The molecule has 14 nitrogen and oxygen atoms in total. The Kier molecular flexibility index (Phi) is 15.0. The van der Waals surface area contributed by atoms with E-state index in [0.29, 0.717) is 24.8 Å². The summed E-state index contributed by atoms with van der Waals surface area (Å²) in [5, 5.41) is 10.2. The molecule has 4 unspecified atom stereocenters. The number of carbonyl (C=O) groups is 7. The molecule has 1 heterocycles. The minimum atomic E-state index is -1.23. The van der Waals surface area contributed by atoms with Crippen LogP contribution in [0.3, 0.4) is 0 Å². The molecule has 14 heteroatoms. The molecule has 278 valence electrons. The van der Waals surface area contributed by atoms with Crippen LogP contribution < -0.4 is 27.0 Å². The van der Waals surface area contributed by atoms with Crippen molar-refractivity contribution in [1.82, 2.24) is 26.2 Å². The number of hydrogen-bond donors (Lipinski definition) is 5. The lowest BCUT2D eigenvalue weighted by Gasteiger charge is -2.37. The van der Waals surface area contributed by atoms with Crippen molar-refractivity contribution in [2.75, 3.05) is 13.1 Å². The van der Waals surface area contributed by atoms with E-state index >= 15 is 0 Å². The van der Waals surface area contributed by atoms with Crippen LogP contribution in [-0.4, -0.2) is 83.1 Å². The molecule has 1 aliphatic heterocycles. The van der Waals surface area contributed by atoms with Crippen molar-refractivity contribution < 1.29 is 38.3 Å². The molecule has 6 N–H and O–H groups in total. The van der Waals surface area contributed by atoms with Gasteiger partial charge in [-0.1, -0.05) is 84.7 Å². The van der Waals surface area contributed by atoms with Crippen molar-refractivity contribution >= 4 is 41.4 Å². The summed E-state index contributed by atoms with van der Waals surface area (Å²) in [5.41, 5.74) is 4.37. The predicted octanol–water partition coefficient (Wildman–Crippen LogP) is 2.50. The van der Waals surface area contributed by atoms with Crippen molar-refractivity contribution in [2.45, 2.75) is 118 Å². The van der Waals surface area contributed by atoms with E-state index in [9.17, 15) is 33.6 Å². The molecule has 1 fully saturated rings. The Bertz CT molecular complexity index is 1380. The molecular formula is C36H56N6O8. The zero-order valence-electron chi connectivity index (χ0n) is 30.9. The van der Waals surface area contributed by atoms with Crippen LogP contribution in [0.2, 0.25) is 0 Å². The Balaban J connectivity index is 2.24. The van der Waals surface area contributed by atoms with E-state index in [-0.39, 0.29) is 24.8 Å². The second-order valence-corrected chi connectivity index (χ2v) is 15.2. The number of primary amides is 1. The fraction of sp³-hybridized carbons (Fsp3) is 0.639. The molecule has 1 aromatic rings. The Morgan fingerprint density at radius 1 is 0.940 bits per heavy atom. The van der Waals surface area contributed by atoms with Crippen molar-refractivity contribution in [3.63, 3.8) is 0 Å². The van der Waals surface area contributed by atoms with Gasteiger partial charge < -0.3 is 36.6 Å². The van der Waals surface area contributed by atoms with Crippen molar-refractivity contribution in [2.24, 2.45) is 23.0 Å². The Morgan fingerprint density at radius 2 is 1.56 bits per heavy atom. The summed E-state index contributed by atoms with van der Waals surface area (Å²) in [6, 6.07) is 3.96. The lowest BCUT2D eigenvalue weighted by atomic mass is 9.84. The number of alkyl carbamates (subject to hydrolysis) is 1. The second-order valence-electron chi connectivity index (χ2n) is 15.2. The number of hydrogen-bond acceptors (Lipinski definition) is 8. The molecule has 0 aromatic heterocycles. The predicted molar refractivity (Wildman–Crippen MR) is 187 cm³/mol. The maximum atomic E-state index is 14.1. The second kappa shape index (κ2) is 18.0. The molecule has 1 saturated heterocycles. The van der Waals surface area contributed by atoms with Gasteiger partial charge in [-0.05, 0) is 56.4 Å². The van der Waals surface area contributed by atoms with Gasteiger partial charge >= 0.3 is 6.09 Å². The standard InChI is InChI=1S/C36H56N6O8/c1-10-11-17-24(28(44)32(47)38-20-25(43)40-26(30(37)45)22-15-13-12-14-16-22)39-31(46)27-23(21(2)3)18-19-42(27)33(48)29(35(4,5)6)41-34(49)50-36(7,8)9/h12-16,21,23-24,26-27,29H,10-11,17-20H2,1-9H3,(H2,37,45)(H,38,47)(H,39,46)(H,40,43)(H,41,49)/t23?,24?,26?,27?,29-/m1/s1. The number of amides is 6. The van der Waals surface area contributed by atoms with Crippen LogP contribution in [0.5, 0.6) is 0 Å². The molecule has 50 heavy (non-hydrogen) atoms. The van der Waals surface area contributed by atoms with Crippen LogP contribution in [0, 0.1) is 17.3 Å². The molecule has 5 atom stereocenters. The first-order chi connectivity index (χ1) is 23.2. The van der Waals surface area contributed by atoms with Gasteiger partial charge in [-0.3, -0.25) is 28.8 Å². The Morgan fingerprint density at radius 3 is 2.08 bits per heavy atom. The maximum Gasteiger partial charge on any atom is 0.408 e. The van der Waals surface area contributed by atoms with E-state index in [2.05, 4.69) is 21.3 Å². The quantitative estimate of drug-likeness (QED) is 0.172. The fourth-order valence-electron chi connectivity index (χ4n) is 5.85. The topological polar surface area (TPSA) is 206 Å². The molecule has 0 bridgehead atoms. The third kappa shape index (κ3) is 12.1. The molecule has 1 aromatic carbocycles. The normalized spacial score (nSPS) is 18.0. The van der Waals surface area contributed by atoms with Gasteiger partial charge in [0.05, 0.1) is 12.6 Å². The molecule has 0 spiro atoms. The van der Waals surface area contributed by atoms with Gasteiger partial charge in [0.25, 0.3) is 5.91 Å². The summed E-state index contributed by atoms with van der Waals surface area (Å²) < 4.78 is 5.41. The van der Waals surface area contributed by atoms with Crippen molar-refractivity contribution in [1.29, 1.82) is 0 Å². The number of rotatable bonds is 15. The number of benzene rings is 1. The van der Waals surface area contributed by atoms with Crippen LogP contribution in [0.25, 0.3) is 0 Å². The third-order valence-electron chi connectivity index (χ3n) is 8.46. The van der Waals surface area contributed by atoms with Gasteiger partial charge in [-0.2, -0.15) is 0 Å². The first-order valence-electron chi connectivity index (χ1n) is 17.2. The minimum absolute atomic E-state index is 0.0119. The zero-order chi connectivity index (χ0) is 38.0. The van der Waals surface area contributed by atoms with E-state index in [1.807, 2.05) is 20.8 Å². The summed E-state index contributed by atoms with van der Waals surface area (Å²) in [5.74, 6) is -4.92. The summed E-state index contributed by atoms with van der Waals surface area (Å²) in [4.78, 5) is 93.3. The number of likely N-dealkylation sites (tertiary alicyclic amines) is 1. The Labute approximate surface area is 295 Å². The van der Waals surface area contributed by atoms with Crippen LogP contribution in [-0.2, 0) is 33.5 Å². The molecular weight excluding hydrogens is 644 g/mol. The number of Topliss-reactive ketones (excluding diaryl/α,β-unsaturated/α-hetero) is 1. The van der Waals surface area contributed by atoms with Gasteiger partial charge in [0.2, 0.25) is 29.4 Å². The largest absolute Gasteiger partial charge is 0.444 e. The number of nitrogens with one attached hydrogen (secondary N) is 4. The molecule has 2 rings (SSSR count). The van der Waals surface area contributed by atoms with E-state index in [4.69, 9.17) is 10.5 Å². The smallest absolute Gasteiger partial charge is 0.408 e. The van der Waals surface area contributed by atoms with Gasteiger partial charge in [-0.25, -0.2) is 4.79 Å². The number of carbonyl (C=O) groups excluding carboxylic acids is 7. The highest BCUT2D eigenvalue weighted by molar-refractivity contribution is 6.38. The fourth-order valence-corrected chi connectivity index (χ4v) is 5.85. The van der Waals surface area contributed by atoms with E-state index in [0.717, 1.165) is 0 Å².